The molecule has 1 aliphatic heterocycles. The summed E-state index contributed by atoms with van der Waals surface area (Å²) in [7, 11) is 0. The lowest BCUT2D eigenvalue weighted by molar-refractivity contribution is -0.131. The molecule has 0 saturated heterocycles. The van der Waals surface area contributed by atoms with Crippen LogP contribution in [0.15, 0.2) is 18.2 Å². The van der Waals surface area contributed by atoms with E-state index in [1.54, 1.807) is 18.2 Å². The van der Waals surface area contributed by atoms with E-state index in [-0.39, 0.29) is 5.91 Å². The molecule has 0 aromatic heterocycles. The van der Waals surface area contributed by atoms with E-state index in [4.69, 9.17) is 16.3 Å². The van der Waals surface area contributed by atoms with Gasteiger partial charge in [-0.15, -0.1) is 0 Å². The zero-order valence-electron chi connectivity index (χ0n) is 8.75. The first-order valence-electron chi connectivity index (χ1n) is 5.50. The van der Waals surface area contributed by atoms with Crippen molar-refractivity contribution in [1.82, 2.24) is 0 Å². The van der Waals surface area contributed by atoms with Gasteiger partial charge in [-0.25, -0.2) is 0 Å². The Labute approximate surface area is 98.7 Å². The van der Waals surface area contributed by atoms with E-state index in [1.807, 2.05) is 0 Å². The minimum atomic E-state index is -0.669. The molecule has 1 amide bonds. The van der Waals surface area contributed by atoms with Crippen LogP contribution in [0.4, 0.5) is 5.69 Å². The summed E-state index contributed by atoms with van der Waals surface area (Å²) < 4.78 is 5.88. The summed E-state index contributed by atoms with van der Waals surface area (Å²) in [6.45, 7) is 0. The molecule has 0 atom stereocenters. The second kappa shape index (κ2) is 3.39. The first kappa shape index (κ1) is 9.97. The van der Waals surface area contributed by atoms with Gasteiger partial charge in [0.15, 0.2) is 11.4 Å². The third kappa shape index (κ3) is 1.31. The average Bonchev–Trinajstić information content (AvgIpc) is 2.72. The molecule has 2 aliphatic rings. The number of hydrogen-bond acceptors (Lipinski definition) is 2. The van der Waals surface area contributed by atoms with Crippen LogP contribution in [0.3, 0.4) is 0 Å². The van der Waals surface area contributed by atoms with Gasteiger partial charge >= 0.3 is 0 Å². The lowest BCUT2D eigenvalue weighted by atomic mass is 9.98. The number of nitrogens with one attached hydrogen (secondary N) is 1. The van der Waals surface area contributed by atoms with Gasteiger partial charge in [0.05, 0.1) is 10.7 Å². The number of carbonyl (C=O) groups excluding carboxylic acids is 1. The van der Waals surface area contributed by atoms with Crippen molar-refractivity contribution in [2.75, 3.05) is 5.32 Å². The molecule has 0 radical (unpaired) electrons. The Kier molecular flexibility index (Phi) is 2.11. The third-order valence-corrected chi connectivity index (χ3v) is 3.64. The summed E-state index contributed by atoms with van der Waals surface area (Å²) >= 11 is 6.08. The standard InChI is InChI=1S/C12H12ClNO2/c13-8-4-3-5-9-10(8)16-12(11(15)14-9)6-1-2-7-12/h3-5H,1-2,6-7H2,(H,14,15). The highest BCUT2D eigenvalue weighted by atomic mass is 35.5. The quantitative estimate of drug-likeness (QED) is 0.753. The van der Waals surface area contributed by atoms with Gasteiger partial charge in [-0.2, -0.15) is 0 Å². The molecule has 1 spiro atoms. The van der Waals surface area contributed by atoms with Gasteiger partial charge in [-0.1, -0.05) is 17.7 Å². The maximum atomic E-state index is 12.0. The molecule has 84 valence electrons. The predicted molar refractivity (Wildman–Crippen MR) is 61.9 cm³/mol. The number of rotatable bonds is 0. The predicted octanol–water partition coefficient (Wildman–Crippen LogP) is 2.98. The number of hydrogen-bond donors (Lipinski definition) is 1. The van der Waals surface area contributed by atoms with Crippen molar-refractivity contribution in [2.45, 2.75) is 31.3 Å². The number of fused-ring (bicyclic) bond motifs is 1. The van der Waals surface area contributed by atoms with Gasteiger partial charge in [-0.05, 0) is 37.8 Å². The minimum Gasteiger partial charge on any atom is -0.474 e. The Morgan fingerprint density at radius 2 is 2.06 bits per heavy atom. The molecule has 1 aromatic rings. The van der Waals surface area contributed by atoms with Crippen LogP contribution < -0.4 is 10.1 Å². The highest BCUT2D eigenvalue weighted by molar-refractivity contribution is 6.32. The fourth-order valence-electron chi connectivity index (χ4n) is 2.46. The Morgan fingerprint density at radius 1 is 1.31 bits per heavy atom. The molecule has 4 heteroatoms. The molecule has 16 heavy (non-hydrogen) atoms. The number of amides is 1. The van der Waals surface area contributed by atoms with Crippen LogP contribution in [-0.2, 0) is 4.79 Å². The zero-order chi connectivity index (χ0) is 11.2. The summed E-state index contributed by atoms with van der Waals surface area (Å²) in [6, 6.07) is 5.39. The van der Waals surface area contributed by atoms with E-state index in [2.05, 4.69) is 5.32 Å². The van der Waals surface area contributed by atoms with Gasteiger partial charge in [-0.3, -0.25) is 4.79 Å². The number of benzene rings is 1. The average molecular weight is 238 g/mol. The molecule has 0 bridgehead atoms. The molecule has 0 unspecified atom stereocenters. The smallest absolute Gasteiger partial charge is 0.268 e. The van der Waals surface area contributed by atoms with Crippen LogP contribution in [0, 0.1) is 0 Å². The lowest BCUT2D eigenvalue weighted by Crippen LogP contribution is -2.48. The Balaban J connectivity index is 2.06. The van der Waals surface area contributed by atoms with E-state index < -0.39 is 5.60 Å². The highest BCUT2D eigenvalue weighted by Gasteiger charge is 2.47. The second-order valence-electron chi connectivity index (χ2n) is 4.37. The largest absolute Gasteiger partial charge is 0.474 e. The number of halogens is 1. The van der Waals surface area contributed by atoms with Crippen LogP contribution in [0.1, 0.15) is 25.7 Å². The number of anilines is 1. The van der Waals surface area contributed by atoms with Crippen molar-refractivity contribution in [3.8, 4) is 5.75 Å². The van der Waals surface area contributed by atoms with Crippen molar-refractivity contribution in [3.05, 3.63) is 23.2 Å². The van der Waals surface area contributed by atoms with Gasteiger partial charge in [0.2, 0.25) is 0 Å². The van der Waals surface area contributed by atoms with E-state index in [9.17, 15) is 4.79 Å². The zero-order valence-corrected chi connectivity index (χ0v) is 9.51. The van der Waals surface area contributed by atoms with E-state index in [0.29, 0.717) is 16.5 Å². The Hall–Kier alpha value is -1.22. The fourth-order valence-corrected chi connectivity index (χ4v) is 2.68. The van der Waals surface area contributed by atoms with Crippen molar-refractivity contribution in [2.24, 2.45) is 0 Å². The maximum Gasteiger partial charge on any atom is 0.268 e. The third-order valence-electron chi connectivity index (χ3n) is 3.34. The lowest BCUT2D eigenvalue weighted by Gasteiger charge is -2.34. The Bertz CT molecular complexity index is 452. The van der Waals surface area contributed by atoms with Crippen LogP contribution in [-0.4, -0.2) is 11.5 Å². The van der Waals surface area contributed by atoms with Gasteiger partial charge in [0.25, 0.3) is 5.91 Å². The molecule has 1 aromatic carbocycles. The summed E-state index contributed by atoms with van der Waals surface area (Å²) in [5, 5.41) is 3.44. The second-order valence-corrected chi connectivity index (χ2v) is 4.78. The summed E-state index contributed by atoms with van der Waals surface area (Å²) in [4.78, 5) is 12.0. The van der Waals surface area contributed by atoms with Crippen LogP contribution in [0.25, 0.3) is 0 Å². The molecular formula is C12H12ClNO2. The monoisotopic (exact) mass is 237 g/mol. The van der Waals surface area contributed by atoms with Gasteiger partial charge in [0, 0.05) is 0 Å². The summed E-state index contributed by atoms with van der Waals surface area (Å²) in [5.74, 6) is 0.588. The SMILES string of the molecule is O=C1Nc2cccc(Cl)c2OC12CCCC2. The fraction of sp³-hybridized carbons (Fsp3) is 0.417. The summed E-state index contributed by atoms with van der Waals surface area (Å²) in [6.07, 6.45) is 3.63. The molecule has 3 rings (SSSR count). The maximum absolute atomic E-state index is 12.0. The molecule has 1 fully saturated rings. The minimum absolute atomic E-state index is 0.0280. The molecule has 1 heterocycles. The molecule has 1 aliphatic carbocycles. The van der Waals surface area contributed by atoms with Gasteiger partial charge in [0.1, 0.15) is 0 Å². The van der Waals surface area contributed by atoms with E-state index in [0.717, 1.165) is 25.7 Å². The van der Waals surface area contributed by atoms with Gasteiger partial charge < -0.3 is 10.1 Å². The molecule has 1 saturated carbocycles. The van der Waals surface area contributed by atoms with Crippen LogP contribution >= 0.6 is 11.6 Å². The van der Waals surface area contributed by atoms with Crippen LogP contribution in [0.2, 0.25) is 5.02 Å². The normalized spacial score (nSPS) is 21.4. The topological polar surface area (TPSA) is 38.3 Å². The van der Waals surface area contributed by atoms with Crippen molar-refractivity contribution in [1.29, 1.82) is 0 Å². The number of carbonyl (C=O) groups is 1. The van der Waals surface area contributed by atoms with Crippen LogP contribution in [0.5, 0.6) is 5.75 Å². The van der Waals surface area contributed by atoms with Crippen molar-refractivity contribution < 1.29 is 9.53 Å². The summed E-state index contributed by atoms with van der Waals surface area (Å²) in [5.41, 5.74) is 0.00729. The van der Waals surface area contributed by atoms with E-state index >= 15 is 0 Å². The first-order valence-corrected chi connectivity index (χ1v) is 5.88. The van der Waals surface area contributed by atoms with Crippen molar-refractivity contribution in [3.63, 3.8) is 0 Å². The first-order chi connectivity index (χ1) is 7.71. The van der Waals surface area contributed by atoms with Crippen molar-refractivity contribution >= 4 is 23.2 Å². The number of ether oxygens (including phenoxy) is 1. The molecule has 1 N–H and O–H groups in total. The van der Waals surface area contributed by atoms with E-state index in [1.165, 1.54) is 0 Å². The molecular weight excluding hydrogens is 226 g/mol. The molecule has 3 nitrogen and oxygen atoms in total. The highest BCUT2D eigenvalue weighted by Crippen LogP contribution is 2.44. The Morgan fingerprint density at radius 3 is 2.81 bits per heavy atom. The number of para-hydroxylation sites is 1.